The van der Waals surface area contributed by atoms with Gasteiger partial charge >= 0.3 is 0 Å². The van der Waals surface area contributed by atoms with Gasteiger partial charge in [-0.2, -0.15) is 0 Å². The lowest BCUT2D eigenvalue weighted by Gasteiger charge is -2.19. The molecular formula is C11H24N2O2. The van der Waals surface area contributed by atoms with E-state index in [1.165, 1.54) is 0 Å². The van der Waals surface area contributed by atoms with Crippen LogP contribution in [0.2, 0.25) is 0 Å². The van der Waals surface area contributed by atoms with Crippen molar-refractivity contribution in [3.8, 4) is 0 Å². The summed E-state index contributed by atoms with van der Waals surface area (Å²) in [6, 6.07) is 0.0837. The van der Waals surface area contributed by atoms with Gasteiger partial charge in [-0.25, -0.2) is 0 Å². The van der Waals surface area contributed by atoms with E-state index < -0.39 is 0 Å². The highest BCUT2D eigenvalue weighted by Crippen LogP contribution is 2.00. The summed E-state index contributed by atoms with van der Waals surface area (Å²) in [6.07, 6.45) is 2.77. The molecule has 0 bridgehead atoms. The zero-order chi connectivity index (χ0) is 11.7. The van der Waals surface area contributed by atoms with E-state index in [0.717, 1.165) is 19.3 Å². The maximum atomic E-state index is 11.6. The molecule has 0 aromatic heterocycles. The molecule has 0 aromatic rings. The molecule has 4 nitrogen and oxygen atoms in total. The Kier molecular flexibility index (Phi) is 8.33. The van der Waals surface area contributed by atoms with Gasteiger partial charge in [-0.1, -0.05) is 19.8 Å². The molecule has 0 saturated carbocycles. The summed E-state index contributed by atoms with van der Waals surface area (Å²) in [5, 5.41) is 2.90. The largest absolute Gasteiger partial charge is 0.369 e. The fourth-order valence-electron chi connectivity index (χ4n) is 1.34. The smallest absolute Gasteiger partial charge is 0.249 e. The molecule has 2 unspecified atom stereocenters. The minimum absolute atomic E-state index is 0.0663. The first-order valence-electron chi connectivity index (χ1n) is 5.77. The molecule has 0 heterocycles. The van der Waals surface area contributed by atoms with Gasteiger partial charge in [-0.15, -0.1) is 0 Å². The first-order valence-corrected chi connectivity index (χ1v) is 5.77. The van der Waals surface area contributed by atoms with Gasteiger partial charge in [0.2, 0.25) is 5.91 Å². The van der Waals surface area contributed by atoms with Crippen LogP contribution in [0, 0.1) is 0 Å². The molecule has 0 aliphatic carbocycles. The molecule has 90 valence electrons. The van der Waals surface area contributed by atoms with Crippen LogP contribution in [0.15, 0.2) is 0 Å². The quantitative estimate of drug-likeness (QED) is 0.637. The van der Waals surface area contributed by atoms with Crippen LogP contribution in [0.25, 0.3) is 0 Å². The highest BCUT2D eigenvalue weighted by atomic mass is 16.5. The van der Waals surface area contributed by atoms with E-state index in [-0.39, 0.29) is 18.1 Å². The van der Waals surface area contributed by atoms with Crippen molar-refractivity contribution in [1.29, 1.82) is 0 Å². The predicted octanol–water partition coefficient (Wildman–Crippen LogP) is 1.05. The summed E-state index contributed by atoms with van der Waals surface area (Å²) in [5.41, 5.74) is 5.58. The van der Waals surface area contributed by atoms with E-state index in [4.69, 9.17) is 10.5 Å². The molecule has 0 rings (SSSR count). The van der Waals surface area contributed by atoms with Crippen LogP contribution in [-0.4, -0.2) is 31.2 Å². The molecule has 4 heteroatoms. The summed E-state index contributed by atoms with van der Waals surface area (Å²) in [6.45, 7) is 6.80. The second-order valence-corrected chi connectivity index (χ2v) is 3.68. The van der Waals surface area contributed by atoms with E-state index in [1.54, 1.807) is 6.92 Å². The number of ether oxygens (including phenoxy) is 1. The van der Waals surface area contributed by atoms with Crippen molar-refractivity contribution in [2.24, 2.45) is 5.73 Å². The van der Waals surface area contributed by atoms with Crippen molar-refractivity contribution in [2.75, 3.05) is 13.2 Å². The van der Waals surface area contributed by atoms with Crippen molar-refractivity contribution in [1.82, 2.24) is 5.32 Å². The predicted molar refractivity (Wildman–Crippen MR) is 61.6 cm³/mol. The Morgan fingerprint density at radius 1 is 1.47 bits per heavy atom. The number of unbranched alkanes of at least 4 members (excludes halogenated alkanes) is 1. The van der Waals surface area contributed by atoms with E-state index in [9.17, 15) is 4.79 Å². The lowest BCUT2D eigenvalue weighted by molar-refractivity contribution is -0.132. The maximum absolute atomic E-state index is 11.6. The fraction of sp³-hybridized carbons (Fsp3) is 0.909. The van der Waals surface area contributed by atoms with Gasteiger partial charge < -0.3 is 15.8 Å². The normalized spacial score (nSPS) is 14.7. The summed E-state index contributed by atoms with van der Waals surface area (Å²) >= 11 is 0. The lowest BCUT2D eigenvalue weighted by Crippen LogP contribution is -2.44. The van der Waals surface area contributed by atoms with Gasteiger partial charge in [-0.3, -0.25) is 4.79 Å². The molecular weight excluding hydrogens is 192 g/mol. The molecule has 3 N–H and O–H groups in total. The van der Waals surface area contributed by atoms with Gasteiger partial charge in [0.05, 0.1) is 0 Å². The van der Waals surface area contributed by atoms with Gasteiger partial charge in [0.1, 0.15) is 6.10 Å². The third-order valence-corrected chi connectivity index (χ3v) is 2.32. The third kappa shape index (κ3) is 6.47. The number of rotatable bonds is 8. The van der Waals surface area contributed by atoms with Gasteiger partial charge in [0.15, 0.2) is 0 Å². The highest BCUT2D eigenvalue weighted by Gasteiger charge is 2.16. The Balaban J connectivity index is 3.88. The molecule has 0 aromatic carbocycles. The number of carbonyl (C=O) groups is 1. The third-order valence-electron chi connectivity index (χ3n) is 2.32. The Labute approximate surface area is 92.6 Å². The molecule has 0 radical (unpaired) electrons. The van der Waals surface area contributed by atoms with E-state index in [0.29, 0.717) is 13.2 Å². The van der Waals surface area contributed by atoms with Crippen LogP contribution >= 0.6 is 0 Å². The monoisotopic (exact) mass is 216 g/mol. The number of nitrogens with one attached hydrogen (secondary N) is 1. The van der Waals surface area contributed by atoms with Crippen molar-refractivity contribution >= 4 is 5.91 Å². The Morgan fingerprint density at radius 2 is 2.13 bits per heavy atom. The number of carbonyl (C=O) groups excluding carboxylic acids is 1. The number of hydrogen-bond donors (Lipinski definition) is 2. The number of amides is 1. The molecule has 2 atom stereocenters. The zero-order valence-electron chi connectivity index (χ0n) is 10.1. The van der Waals surface area contributed by atoms with Crippen LogP contribution in [-0.2, 0) is 9.53 Å². The zero-order valence-corrected chi connectivity index (χ0v) is 10.1. The van der Waals surface area contributed by atoms with Crippen LogP contribution in [0.3, 0.4) is 0 Å². The summed E-state index contributed by atoms with van der Waals surface area (Å²) < 4.78 is 5.20. The lowest BCUT2D eigenvalue weighted by atomic mass is 10.1. The second-order valence-electron chi connectivity index (χ2n) is 3.68. The van der Waals surface area contributed by atoms with E-state index >= 15 is 0 Å². The molecule has 0 aliphatic rings. The molecule has 0 spiro atoms. The van der Waals surface area contributed by atoms with Crippen LogP contribution < -0.4 is 11.1 Å². The Morgan fingerprint density at radius 3 is 2.60 bits per heavy atom. The van der Waals surface area contributed by atoms with Crippen molar-refractivity contribution in [2.45, 2.75) is 52.2 Å². The average molecular weight is 216 g/mol. The Hall–Kier alpha value is -0.610. The molecule has 0 saturated heterocycles. The molecule has 0 fully saturated rings. The van der Waals surface area contributed by atoms with Gasteiger partial charge in [-0.05, 0) is 20.3 Å². The molecule has 0 aliphatic heterocycles. The summed E-state index contributed by atoms with van der Waals surface area (Å²) in [5.74, 6) is -0.0663. The van der Waals surface area contributed by atoms with E-state index in [1.807, 2.05) is 6.92 Å². The van der Waals surface area contributed by atoms with Gasteiger partial charge in [0.25, 0.3) is 0 Å². The van der Waals surface area contributed by atoms with Crippen molar-refractivity contribution in [3.63, 3.8) is 0 Å². The first-order chi connectivity index (χ1) is 7.15. The minimum Gasteiger partial charge on any atom is -0.369 e. The van der Waals surface area contributed by atoms with Crippen molar-refractivity contribution in [3.05, 3.63) is 0 Å². The topological polar surface area (TPSA) is 64.3 Å². The fourth-order valence-corrected chi connectivity index (χ4v) is 1.34. The SMILES string of the molecule is CCCCC(CN)NC(=O)C(C)OCC. The standard InChI is InChI=1S/C11H24N2O2/c1-4-6-7-10(8-12)13-11(14)9(3)15-5-2/h9-10H,4-8,12H2,1-3H3,(H,13,14). The molecule has 15 heavy (non-hydrogen) atoms. The molecule has 1 amide bonds. The van der Waals surface area contributed by atoms with Crippen LogP contribution in [0.1, 0.15) is 40.0 Å². The number of hydrogen-bond acceptors (Lipinski definition) is 3. The first kappa shape index (κ1) is 14.4. The van der Waals surface area contributed by atoms with Crippen molar-refractivity contribution < 1.29 is 9.53 Å². The average Bonchev–Trinajstić information content (AvgIpc) is 2.24. The maximum Gasteiger partial charge on any atom is 0.249 e. The number of nitrogens with two attached hydrogens (primary N) is 1. The van der Waals surface area contributed by atoms with Crippen LogP contribution in [0.5, 0.6) is 0 Å². The van der Waals surface area contributed by atoms with Gasteiger partial charge in [0, 0.05) is 19.2 Å². The highest BCUT2D eigenvalue weighted by molar-refractivity contribution is 5.80. The van der Waals surface area contributed by atoms with E-state index in [2.05, 4.69) is 12.2 Å². The Bertz CT molecular complexity index is 174. The minimum atomic E-state index is -0.384. The van der Waals surface area contributed by atoms with Crippen LogP contribution in [0.4, 0.5) is 0 Å². The summed E-state index contributed by atoms with van der Waals surface area (Å²) in [4.78, 5) is 11.6. The summed E-state index contributed by atoms with van der Waals surface area (Å²) in [7, 11) is 0. The second kappa shape index (κ2) is 8.68.